The predicted octanol–water partition coefficient (Wildman–Crippen LogP) is -1.22. The normalized spacial score (nSPS) is 24.0. The zero-order valence-electron chi connectivity index (χ0n) is 74.2. The number of nitrogens with two attached hydrogens (primary N) is 3. The van der Waals surface area contributed by atoms with Crippen LogP contribution in [0.4, 0.5) is 0 Å². The monoisotopic (exact) mass is 1850 g/mol. The van der Waals surface area contributed by atoms with E-state index in [9.17, 15) is 72.2 Å². The number of amides is 15. The van der Waals surface area contributed by atoms with Crippen molar-refractivity contribution >= 4 is 145 Å². The van der Waals surface area contributed by atoms with Crippen molar-refractivity contribution in [2.45, 2.75) is 211 Å². The molecule has 3 aromatic carbocycles. The Bertz CT molecular complexity index is 5120. The highest BCUT2D eigenvalue weighted by molar-refractivity contribution is 8.00. The van der Waals surface area contributed by atoms with Gasteiger partial charge in [-0.2, -0.15) is 0 Å². The number of imidazole rings is 1. The summed E-state index contributed by atoms with van der Waals surface area (Å²) in [7, 11) is 2.53. The average molecular weight is 1850 g/mol. The second kappa shape index (κ2) is 50.1. The van der Waals surface area contributed by atoms with Crippen LogP contribution in [0.5, 0.6) is 0 Å². The Balaban J connectivity index is 0.0000215. The molecular formula is C90H124N22O19S. The number of carbonyl (C=O) groups is 18. The van der Waals surface area contributed by atoms with E-state index in [1.54, 1.807) is 105 Å². The third-order valence-electron chi connectivity index (χ3n) is 23.4. The number of Topliss-reactive ketones (excluding diaryl/α,β-unsaturated/α-hetero) is 3. The van der Waals surface area contributed by atoms with Crippen LogP contribution in [-0.4, -0.2) is 277 Å². The van der Waals surface area contributed by atoms with Crippen LogP contribution < -0.4 is 75.7 Å². The lowest BCUT2D eigenvalue weighted by Gasteiger charge is -2.32. The molecule has 9 rings (SSSR count). The predicted molar refractivity (Wildman–Crippen MR) is 488 cm³/mol. The van der Waals surface area contributed by atoms with E-state index >= 15 is 19.2 Å². The molecule has 1 saturated carbocycles. The van der Waals surface area contributed by atoms with Crippen LogP contribution in [0.15, 0.2) is 104 Å². The molecule has 42 heteroatoms. The Kier molecular flexibility index (Phi) is 39.5. The van der Waals surface area contributed by atoms with Gasteiger partial charge >= 0.3 is 0 Å². The van der Waals surface area contributed by atoms with Gasteiger partial charge < -0.3 is 110 Å². The van der Waals surface area contributed by atoms with Crippen molar-refractivity contribution in [3.63, 3.8) is 0 Å². The van der Waals surface area contributed by atoms with E-state index in [0.717, 1.165) is 32.9 Å². The summed E-state index contributed by atoms with van der Waals surface area (Å²) < 4.78 is 0. The number of nitrogens with one attached hydrogen (secondary N) is 15. The highest BCUT2D eigenvalue weighted by atomic mass is 32.2. The number of hydrogen-bond donors (Lipinski definition) is 19. The van der Waals surface area contributed by atoms with Gasteiger partial charge in [-0.3, -0.25) is 91.7 Å². The molecule has 714 valence electrons. The third kappa shape index (κ3) is 30.3. The molecule has 13 atom stereocenters. The molecule has 22 N–H and O–H groups in total. The van der Waals surface area contributed by atoms with Crippen molar-refractivity contribution < 1.29 is 91.4 Å². The number of nitrogens with zero attached hydrogens (tertiary/aromatic N) is 4. The Hall–Kier alpha value is -13.4. The van der Waals surface area contributed by atoms with Crippen molar-refractivity contribution in [2.24, 2.45) is 40.9 Å². The number of aliphatic hydroxyl groups is 1. The average Bonchev–Trinajstić information content (AvgIpc) is 1.64. The summed E-state index contributed by atoms with van der Waals surface area (Å²) in [6.07, 6.45) is 3.95. The molecule has 0 spiro atoms. The number of para-hydroxylation sites is 2. The molecule has 15 amide bonds. The van der Waals surface area contributed by atoms with Gasteiger partial charge in [-0.15, -0.1) is 11.8 Å². The third-order valence-corrected chi connectivity index (χ3v) is 24.5. The first-order valence-electron chi connectivity index (χ1n) is 43.8. The number of thioether (sulfide) groups is 1. The minimum absolute atomic E-state index is 0. The molecule has 0 unspecified atom stereocenters. The van der Waals surface area contributed by atoms with Crippen molar-refractivity contribution in [1.82, 2.24) is 93.1 Å². The van der Waals surface area contributed by atoms with Gasteiger partial charge in [0, 0.05) is 142 Å². The summed E-state index contributed by atoms with van der Waals surface area (Å²) in [4.78, 5) is 276. The highest BCUT2D eigenvalue weighted by Gasteiger charge is 2.43. The number of primary amides is 2. The fourth-order valence-electron chi connectivity index (χ4n) is 15.8. The Morgan fingerprint density at radius 2 is 1.17 bits per heavy atom. The largest absolute Gasteiger partial charge is 0.394 e. The van der Waals surface area contributed by atoms with Gasteiger partial charge in [-0.25, -0.2) is 4.98 Å². The second-order valence-corrected chi connectivity index (χ2v) is 35.0. The molecular weight excluding hydrogens is 1730 g/mol. The first-order valence-corrected chi connectivity index (χ1v) is 44.9. The van der Waals surface area contributed by atoms with Crippen LogP contribution in [0, 0.1) is 29.1 Å². The van der Waals surface area contributed by atoms with Crippen LogP contribution >= 0.6 is 11.8 Å². The SMILES string of the molecule is C.CC(C)C[C@@H]1NC(=O)[C@H](Cc2cnc[nH]2)NC(=O)[C@@H]2CCCN2C(=O)[C@H](CC(N)=O)NC(=O)[C@H](C)NC(=O)[C@H](Cc2ccccc2)NC(=O)CSC[C@@H](C(=O)CCC(N)=O)NC(=O)[C@H](CCCNC(=N)N)NC(=O)[C@H](C)N(C)C(=O)[C@H](CNC(=O)C2CCC2)NC(=O)[C@H](Cc2c[nH]c3ccccc23)CC(=O)[C@H](CO)NC(=O)[C@H](Cc2c[nH]c3ccccc23)CC(=O)CN(C)C1=O. The van der Waals surface area contributed by atoms with Crippen LogP contribution in [0.3, 0.4) is 0 Å². The van der Waals surface area contributed by atoms with E-state index in [1.807, 2.05) is 0 Å². The fourth-order valence-corrected chi connectivity index (χ4v) is 16.7. The molecule has 3 aliphatic rings. The molecule has 3 fully saturated rings. The minimum atomic E-state index is -1.75. The summed E-state index contributed by atoms with van der Waals surface area (Å²) >= 11 is 0.802. The number of ketones is 3. The van der Waals surface area contributed by atoms with E-state index in [2.05, 4.69) is 78.4 Å². The molecule has 2 saturated heterocycles. The van der Waals surface area contributed by atoms with E-state index < -0.39 is 254 Å². The molecule has 1 aliphatic carbocycles. The summed E-state index contributed by atoms with van der Waals surface area (Å²) in [5.74, 6) is -20.4. The summed E-state index contributed by atoms with van der Waals surface area (Å²) in [5, 5.41) is 49.4. The van der Waals surface area contributed by atoms with Gasteiger partial charge in [-0.1, -0.05) is 94.4 Å². The van der Waals surface area contributed by atoms with Crippen molar-refractivity contribution in [1.29, 1.82) is 5.41 Å². The van der Waals surface area contributed by atoms with Crippen molar-refractivity contribution in [3.05, 3.63) is 126 Å². The number of hydrogen-bond acceptors (Lipinski definition) is 22. The maximum atomic E-state index is 15.4. The molecule has 0 bridgehead atoms. The van der Waals surface area contributed by atoms with E-state index in [-0.39, 0.29) is 90.0 Å². The van der Waals surface area contributed by atoms with Crippen molar-refractivity contribution in [3.8, 4) is 0 Å². The van der Waals surface area contributed by atoms with E-state index in [0.29, 0.717) is 57.0 Å². The molecule has 6 aromatic rings. The van der Waals surface area contributed by atoms with E-state index in [4.69, 9.17) is 22.6 Å². The topological polar surface area (TPSA) is 632 Å². The van der Waals surface area contributed by atoms with Gasteiger partial charge in [0.15, 0.2) is 23.3 Å². The number of fused-ring (bicyclic) bond motifs is 3. The number of aromatic nitrogens is 4. The van der Waals surface area contributed by atoms with Crippen LogP contribution in [0.25, 0.3) is 21.8 Å². The van der Waals surface area contributed by atoms with Crippen LogP contribution in [-0.2, 0) is 112 Å². The Labute approximate surface area is 767 Å². The summed E-state index contributed by atoms with van der Waals surface area (Å²) in [5.41, 5.74) is 20.0. The van der Waals surface area contributed by atoms with Crippen molar-refractivity contribution in [2.75, 3.05) is 58.4 Å². The Morgan fingerprint density at radius 3 is 1.77 bits per heavy atom. The van der Waals surface area contributed by atoms with Crippen LogP contribution in [0.1, 0.15) is 141 Å². The van der Waals surface area contributed by atoms with Gasteiger partial charge in [0.05, 0.1) is 37.7 Å². The number of aromatic amines is 3. The van der Waals surface area contributed by atoms with E-state index in [1.165, 1.54) is 40.5 Å². The maximum absolute atomic E-state index is 15.4. The number of aliphatic hydroxyl groups excluding tert-OH is 1. The summed E-state index contributed by atoms with van der Waals surface area (Å²) in [6.45, 7) is 3.76. The zero-order chi connectivity index (χ0) is 95.3. The summed E-state index contributed by atoms with van der Waals surface area (Å²) in [6, 6.07) is 5.62. The number of H-pyrrole nitrogens is 3. The Morgan fingerprint density at radius 1 is 0.583 bits per heavy atom. The van der Waals surface area contributed by atoms with Gasteiger partial charge in [0.1, 0.15) is 60.4 Å². The standard InChI is InChI=1S/C89H120N22O19S.CH4/c1-48(2)31-66-86(128)109(5)43-58(113)35-53(33-55-39-96-61-23-12-10-21-59(55)61)80(122)107-69(44-112)73(115)36-54(34-56-40-97-62-24-13-11-22-60(56)62)81(123)106-68(42-98-79(121)52-19-14-20-52)87(129)110(6)50(4)78(120)102-63(25-15-29-95-89(92)93)82(124)108-70(72(114)27-28-74(90)116)45-131-46-76(118)101-64(32-51-17-8-7-9-18-51)83(125)100-49(3)77(119)104-67(38-75(91)117)88(130)111-30-16-26-71(111)85(127)103-65(84(126)105-66)37-57-41-94-47-99-57;/h7-13,17-18,21-24,39-41,47-50,52-54,63-71,96-97,112H,14-16,19-20,25-38,42-46H2,1-6H3,(H2,90,116)(H2,91,117)(H,94,99)(H,98,121)(H,100,125)(H,101,118)(H,102,120)(H,103,127)(H,104,119)(H,105,126)(H,106,123)(H,107,122)(H,108,124)(H4,92,93,95);1H4/t49-,50-,53+,54+,63-,64-,65-,66-,67-,68-,69-,70-,71-;/m0./s1. The van der Waals surface area contributed by atoms with Crippen LogP contribution in [0.2, 0.25) is 0 Å². The minimum Gasteiger partial charge on any atom is -0.394 e. The second-order valence-electron chi connectivity index (χ2n) is 34.0. The number of carbonyl (C=O) groups excluding carboxylic acids is 18. The number of rotatable bonds is 24. The molecule has 5 heterocycles. The smallest absolute Gasteiger partial charge is 0.247 e. The lowest BCUT2D eigenvalue weighted by atomic mass is 9.85. The highest BCUT2D eigenvalue weighted by Crippen LogP contribution is 2.29. The molecule has 41 nitrogen and oxygen atoms in total. The number of guanidine groups is 1. The molecule has 3 aromatic heterocycles. The molecule has 0 radical (unpaired) electrons. The first kappa shape index (κ1) is 104. The van der Waals surface area contributed by atoms with Gasteiger partial charge in [-0.05, 0) is 106 Å². The number of benzene rings is 3. The fraction of sp³-hybridized carbons (Fsp3) is 0.511. The van der Waals surface area contributed by atoms with Gasteiger partial charge in [0.2, 0.25) is 88.6 Å². The molecule has 132 heavy (non-hydrogen) atoms. The quantitative estimate of drug-likeness (QED) is 0.0192. The lowest BCUT2D eigenvalue weighted by molar-refractivity contribution is -0.143. The van der Waals surface area contributed by atoms with Gasteiger partial charge in [0.25, 0.3) is 0 Å². The lowest BCUT2D eigenvalue weighted by Crippen LogP contribution is -2.60. The zero-order valence-corrected chi connectivity index (χ0v) is 75.0. The molecule has 2 aliphatic heterocycles. The first-order chi connectivity index (χ1) is 62.4. The maximum Gasteiger partial charge on any atom is 0.247 e. The number of likely N-dealkylation sites (N-methyl/N-ethyl adjacent to an activating group) is 2.